The average molecular weight is 285 g/mol. The van der Waals surface area contributed by atoms with Crippen LogP contribution in [0.1, 0.15) is 13.8 Å². The molecule has 0 spiro atoms. The molecule has 0 aliphatic heterocycles. The zero-order valence-corrected chi connectivity index (χ0v) is 12.7. The summed E-state index contributed by atoms with van der Waals surface area (Å²) in [6.45, 7) is 4.66. The maximum atomic E-state index is 12.3. The van der Waals surface area contributed by atoms with Gasteiger partial charge in [0.25, 0.3) is 0 Å². The highest BCUT2D eigenvalue weighted by molar-refractivity contribution is 7.89. The number of nitrogens with one attached hydrogen (secondary N) is 1. The maximum absolute atomic E-state index is 12.3. The third-order valence-corrected chi connectivity index (χ3v) is 4.37. The highest BCUT2D eigenvalue weighted by atomic mass is 32.2. The third-order valence-electron chi connectivity index (χ3n) is 2.86. The number of hydrogen-bond donors (Lipinski definition) is 2. The topological polar surface area (TPSA) is 75.4 Å². The van der Waals surface area contributed by atoms with E-state index in [-0.39, 0.29) is 16.9 Å². The van der Waals surface area contributed by atoms with Gasteiger partial charge in [0.15, 0.2) is 0 Å². The fourth-order valence-corrected chi connectivity index (χ4v) is 3.07. The molecule has 0 aromatic heterocycles. The van der Waals surface area contributed by atoms with Crippen molar-refractivity contribution in [3.8, 4) is 0 Å². The van der Waals surface area contributed by atoms with Crippen molar-refractivity contribution in [2.75, 3.05) is 26.4 Å². The Kier molecular flexibility index (Phi) is 5.34. The number of nitrogens with two attached hydrogens (primary N) is 1. The van der Waals surface area contributed by atoms with Gasteiger partial charge in [-0.15, -0.1) is 0 Å². The molecule has 3 N–H and O–H groups in total. The Labute approximate surface area is 115 Å². The van der Waals surface area contributed by atoms with Crippen LogP contribution < -0.4 is 10.5 Å². The molecule has 0 fully saturated rings. The number of anilines is 1. The van der Waals surface area contributed by atoms with E-state index in [1.165, 1.54) is 12.1 Å². The van der Waals surface area contributed by atoms with Crippen LogP contribution in [0, 0.1) is 5.92 Å². The number of likely N-dealkylation sites (N-methyl/N-ethyl adjacent to an activating group) is 1. The van der Waals surface area contributed by atoms with Gasteiger partial charge in [0.1, 0.15) is 0 Å². The number of nitrogen functional groups attached to an aromatic ring is 1. The lowest BCUT2D eigenvalue weighted by Gasteiger charge is -2.25. The van der Waals surface area contributed by atoms with Gasteiger partial charge in [0.2, 0.25) is 10.0 Å². The van der Waals surface area contributed by atoms with E-state index in [0.29, 0.717) is 12.2 Å². The summed E-state index contributed by atoms with van der Waals surface area (Å²) < 4.78 is 27.3. The Hall–Kier alpha value is -1.11. The summed E-state index contributed by atoms with van der Waals surface area (Å²) in [6.07, 6.45) is 0. The van der Waals surface area contributed by atoms with Gasteiger partial charge >= 0.3 is 0 Å². The molecule has 0 radical (unpaired) electrons. The summed E-state index contributed by atoms with van der Waals surface area (Å²) >= 11 is 0. The van der Waals surface area contributed by atoms with Gasteiger partial charge in [-0.05, 0) is 44.3 Å². The van der Waals surface area contributed by atoms with Gasteiger partial charge in [0, 0.05) is 18.3 Å². The molecule has 0 amide bonds. The number of rotatable bonds is 6. The van der Waals surface area contributed by atoms with Gasteiger partial charge in [0.05, 0.1) is 4.90 Å². The highest BCUT2D eigenvalue weighted by Crippen LogP contribution is 2.14. The first-order chi connectivity index (χ1) is 8.72. The van der Waals surface area contributed by atoms with E-state index >= 15 is 0 Å². The minimum Gasteiger partial charge on any atom is -0.399 e. The summed E-state index contributed by atoms with van der Waals surface area (Å²) in [5, 5.41) is 0. The van der Waals surface area contributed by atoms with E-state index < -0.39 is 10.0 Å². The van der Waals surface area contributed by atoms with E-state index in [1.807, 2.05) is 32.8 Å². The van der Waals surface area contributed by atoms with E-state index in [2.05, 4.69) is 4.72 Å². The van der Waals surface area contributed by atoms with Crippen molar-refractivity contribution in [2.24, 2.45) is 5.92 Å². The van der Waals surface area contributed by atoms with Crippen LogP contribution in [0.4, 0.5) is 5.69 Å². The van der Waals surface area contributed by atoms with Crippen LogP contribution >= 0.6 is 0 Å². The number of benzene rings is 1. The van der Waals surface area contributed by atoms with Crippen molar-refractivity contribution in [1.29, 1.82) is 0 Å². The number of sulfonamides is 1. The van der Waals surface area contributed by atoms with Crippen molar-refractivity contribution >= 4 is 15.7 Å². The molecule has 19 heavy (non-hydrogen) atoms. The molecule has 1 atom stereocenters. The van der Waals surface area contributed by atoms with Gasteiger partial charge in [-0.3, -0.25) is 0 Å². The number of hydrogen-bond acceptors (Lipinski definition) is 4. The van der Waals surface area contributed by atoms with Crippen LogP contribution in [0.2, 0.25) is 0 Å². The molecule has 0 aliphatic rings. The minimum atomic E-state index is -3.50. The summed E-state index contributed by atoms with van der Waals surface area (Å²) in [5.74, 6) is 0.214. The van der Waals surface area contributed by atoms with Crippen molar-refractivity contribution < 1.29 is 8.42 Å². The smallest absolute Gasteiger partial charge is 0.240 e. The van der Waals surface area contributed by atoms with Gasteiger partial charge in [-0.2, -0.15) is 0 Å². The molecule has 1 unspecified atom stereocenters. The molecule has 108 valence electrons. The molecule has 0 saturated heterocycles. The van der Waals surface area contributed by atoms with Crippen molar-refractivity contribution in [2.45, 2.75) is 24.8 Å². The Balaban J connectivity index is 2.90. The molecule has 1 aromatic rings. The van der Waals surface area contributed by atoms with E-state index in [4.69, 9.17) is 5.73 Å². The molecule has 5 nitrogen and oxygen atoms in total. The molecule has 1 rings (SSSR count). The lowest BCUT2D eigenvalue weighted by molar-refractivity contribution is 0.314. The summed E-state index contributed by atoms with van der Waals surface area (Å²) in [5.41, 5.74) is 6.11. The Morgan fingerprint density at radius 2 is 1.74 bits per heavy atom. The second-order valence-corrected chi connectivity index (χ2v) is 7.02. The van der Waals surface area contributed by atoms with Crippen molar-refractivity contribution in [1.82, 2.24) is 9.62 Å². The lowest BCUT2D eigenvalue weighted by atomic mass is 10.1. The van der Waals surface area contributed by atoms with Crippen LogP contribution in [-0.2, 0) is 10.0 Å². The first-order valence-corrected chi connectivity index (χ1v) is 7.73. The van der Waals surface area contributed by atoms with Crippen LogP contribution in [0.5, 0.6) is 0 Å². The van der Waals surface area contributed by atoms with Crippen LogP contribution in [0.3, 0.4) is 0 Å². The standard InChI is InChI=1S/C13H23N3O2S/c1-10(2)13(9-16(3)4)15-19(17,18)12-7-5-11(14)6-8-12/h5-8,10,13,15H,9,14H2,1-4H3. The Bertz CT molecular complexity index is 495. The fourth-order valence-electron chi connectivity index (χ4n) is 1.69. The summed E-state index contributed by atoms with van der Waals surface area (Å²) in [7, 11) is 0.348. The molecule has 0 aliphatic carbocycles. The molecule has 0 bridgehead atoms. The fraction of sp³-hybridized carbons (Fsp3) is 0.538. The minimum absolute atomic E-state index is 0.127. The SMILES string of the molecule is CC(C)C(CN(C)C)NS(=O)(=O)c1ccc(N)cc1. The molecular formula is C13H23N3O2S. The largest absolute Gasteiger partial charge is 0.399 e. The second kappa shape index (κ2) is 6.36. The van der Waals surface area contributed by atoms with E-state index in [9.17, 15) is 8.42 Å². The predicted molar refractivity (Wildman–Crippen MR) is 78.4 cm³/mol. The first kappa shape index (κ1) is 15.9. The zero-order chi connectivity index (χ0) is 14.6. The summed E-state index contributed by atoms with van der Waals surface area (Å²) in [4.78, 5) is 2.21. The Morgan fingerprint density at radius 1 is 1.21 bits per heavy atom. The van der Waals surface area contributed by atoms with E-state index in [1.54, 1.807) is 12.1 Å². The van der Waals surface area contributed by atoms with Crippen LogP contribution in [-0.4, -0.2) is 40.0 Å². The first-order valence-electron chi connectivity index (χ1n) is 6.25. The zero-order valence-electron chi connectivity index (χ0n) is 11.9. The van der Waals surface area contributed by atoms with Crippen LogP contribution in [0.25, 0.3) is 0 Å². The molecule has 1 aromatic carbocycles. The Morgan fingerprint density at radius 3 is 2.16 bits per heavy atom. The van der Waals surface area contributed by atoms with Crippen molar-refractivity contribution in [3.05, 3.63) is 24.3 Å². The summed E-state index contributed by atoms with van der Waals surface area (Å²) in [6, 6.07) is 6.09. The monoisotopic (exact) mass is 285 g/mol. The maximum Gasteiger partial charge on any atom is 0.240 e. The second-order valence-electron chi connectivity index (χ2n) is 5.30. The predicted octanol–water partition coefficient (Wildman–Crippen LogP) is 1.13. The highest BCUT2D eigenvalue weighted by Gasteiger charge is 2.22. The molecule has 0 saturated carbocycles. The quantitative estimate of drug-likeness (QED) is 0.768. The van der Waals surface area contributed by atoms with Gasteiger partial charge in [-0.1, -0.05) is 13.8 Å². The van der Waals surface area contributed by atoms with E-state index in [0.717, 1.165) is 0 Å². The normalized spacial score (nSPS) is 14.0. The van der Waals surface area contributed by atoms with Crippen LogP contribution in [0.15, 0.2) is 29.2 Å². The number of nitrogens with zero attached hydrogens (tertiary/aromatic N) is 1. The third kappa shape index (κ3) is 4.81. The van der Waals surface area contributed by atoms with Gasteiger partial charge in [-0.25, -0.2) is 13.1 Å². The molecule has 0 heterocycles. The van der Waals surface area contributed by atoms with Crippen molar-refractivity contribution in [3.63, 3.8) is 0 Å². The van der Waals surface area contributed by atoms with Gasteiger partial charge < -0.3 is 10.6 Å². The molecular weight excluding hydrogens is 262 g/mol. The lowest BCUT2D eigenvalue weighted by Crippen LogP contribution is -2.44. The molecule has 6 heteroatoms. The average Bonchev–Trinajstić information content (AvgIpc) is 2.27.